The molecule has 0 atom stereocenters. The van der Waals surface area contributed by atoms with Crippen LogP contribution in [0.1, 0.15) is 19.4 Å². The molecule has 124 valence electrons. The van der Waals surface area contributed by atoms with E-state index in [1.807, 2.05) is 38.9 Å². The largest absolute Gasteiger partial charge is 0.347 e. The van der Waals surface area contributed by atoms with Crippen molar-refractivity contribution in [2.45, 2.75) is 13.8 Å². The van der Waals surface area contributed by atoms with E-state index in [9.17, 15) is 9.59 Å². The SMILES string of the molecule is CN(C)CC(C)(C)CNC(=O)C(=O)Nc1ccc(Cl)c(C#N)c1. The van der Waals surface area contributed by atoms with Crippen LogP contribution in [0.5, 0.6) is 0 Å². The van der Waals surface area contributed by atoms with Crippen LogP contribution in [0.3, 0.4) is 0 Å². The number of amides is 2. The number of rotatable bonds is 5. The van der Waals surface area contributed by atoms with Crippen molar-refractivity contribution < 1.29 is 9.59 Å². The van der Waals surface area contributed by atoms with Crippen molar-refractivity contribution in [2.24, 2.45) is 5.41 Å². The Bertz CT molecular complexity index is 635. The van der Waals surface area contributed by atoms with Gasteiger partial charge in [-0.15, -0.1) is 0 Å². The maximum Gasteiger partial charge on any atom is 0.313 e. The van der Waals surface area contributed by atoms with Crippen LogP contribution >= 0.6 is 11.6 Å². The van der Waals surface area contributed by atoms with Gasteiger partial charge in [0.25, 0.3) is 0 Å². The highest BCUT2D eigenvalue weighted by Gasteiger charge is 2.22. The number of nitrogens with one attached hydrogen (secondary N) is 2. The van der Waals surface area contributed by atoms with E-state index in [0.717, 1.165) is 6.54 Å². The van der Waals surface area contributed by atoms with E-state index in [-0.39, 0.29) is 11.0 Å². The molecule has 23 heavy (non-hydrogen) atoms. The highest BCUT2D eigenvalue weighted by molar-refractivity contribution is 6.39. The van der Waals surface area contributed by atoms with Crippen LogP contribution in [-0.4, -0.2) is 43.9 Å². The molecule has 7 heteroatoms. The molecule has 0 aliphatic carbocycles. The third-order valence-corrected chi connectivity index (χ3v) is 3.35. The Morgan fingerprint density at radius 3 is 2.52 bits per heavy atom. The van der Waals surface area contributed by atoms with E-state index >= 15 is 0 Å². The Labute approximate surface area is 141 Å². The number of halogens is 1. The molecule has 2 amide bonds. The summed E-state index contributed by atoms with van der Waals surface area (Å²) in [6.07, 6.45) is 0. The standard InChI is InChI=1S/C16H21ClN4O2/c1-16(2,10-21(3)4)9-19-14(22)15(23)20-12-5-6-13(17)11(7-12)8-18/h5-7H,9-10H2,1-4H3,(H,19,22)(H,20,23). The van der Waals surface area contributed by atoms with E-state index < -0.39 is 11.8 Å². The number of carbonyl (C=O) groups is 2. The smallest absolute Gasteiger partial charge is 0.313 e. The van der Waals surface area contributed by atoms with Crippen molar-refractivity contribution in [3.05, 3.63) is 28.8 Å². The third-order valence-electron chi connectivity index (χ3n) is 3.02. The zero-order valence-corrected chi connectivity index (χ0v) is 14.5. The highest BCUT2D eigenvalue weighted by Crippen LogP contribution is 2.19. The van der Waals surface area contributed by atoms with Crippen LogP contribution in [-0.2, 0) is 9.59 Å². The van der Waals surface area contributed by atoms with Crippen LogP contribution in [0.15, 0.2) is 18.2 Å². The van der Waals surface area contributed by atoms with E-state index in [1.54, 1.807) is 0 Å². The fourth-order valence-electron chi connectivity index (χ4n) is 2.19. The van der Waals surface area contributed by atoms with Gasteiger partial charge < -0.3 is 15.5 Å². The zero-order valence-electron chi connectivity index (χ0n) is 13.7. The van der Waals surface area contributed by atoms with Gasteiger partial charge in [0.1, 0.15) is 6.07 Å². The monoisotopic (exact) mass is 336 g/mol. The molecule has 1 aromatic rings. The fraction of sp³-hybridized carbons (Fsp3) is 0.438. The Morgan fingerprint density at radius 1 is 1.30 bits per heavy atom. The summed E-state index contributed by atoms with van der Waals surface area (Å²) in [5.41, 5.74) is 0.420. The van der Waals surface area contributed by atoms with Crippen LogP contribution in [0.4, 0.5) is 5.69 Å². The van der Waals surface area contributed by atoms with E-state index in [2.05, 4.69) is 10.6 Å². The minimum absolute atomic E-state index is 0.159. The lowest BCUT2D eigenvalue weighted by molar-refractivity contribution is -0.136. The normalized spacial score (nSPS) is 11.0. The molecule has 0 spiro atoms. The van der Waals surface area contributed by atoms with Crippen molar-refractivity contribution in [1.82, 2.24) is 10.2 Å². The number of hydrogen-bond donors (Lipinski definition) is 2. The maximum absolute atomic E-state index is 11.9. The molecule has 0 bridgehead atoms. The third kappa shape index (κ3) is 6.27. The Morgan fingerprint density at radius 2 is 1.96 bits per heavy atom. The summed E-state index contributed by atoms with van der Waals surface area (Å²) < 4.78 is 0. The van der Waals surface area contributed by atoms with Crippen molar-refractivity contribution in [2.75, 3.05) is 32.5 Å². The second-order valence-electron chi connectivity index (χ2n) is 6.35. The lowest BCUT2D eigenvalue weighted by atomic mass is 9.93. The number of benzene rings is 1. The van der Waals surface area contributed by atoms with Crippen molar-refractivity contribution in [1.29, 1.82) is 5.26 Å². The summed E-state index contributed by atoms with van der Waals surface area (Å²) in [5.74, 6) is -1.50. The maximum atomic E-state index is 11.9. The topological polar surface area (TPSA) is 85.2 Å². The lowest BCUT2D eigenvalue weighted by Gasteiger charge is -2.28. The van der Waals surface area contributed by atoms with Crippen molar-refractivity contribution in [3.63, 3.8) is 0 Å². The van der Waals surface area contributed by atoms with Gasteiger partial charge in [-0.3, -0.25) is 9.59 Å². The second kappa shape index (κ2) is 7.95. The molecule has 6 nitrogen and oxygen atoms in total. The number of nitrogens with zero attached hydrogens (tertiary/aromatic N) is 2. The first-order valence-corrected chi connectivity index (χ1v) is 7.46. The summed E-state index contributed by atoms with van der Waals surface area (Å²) in [7, 11) is 3.90. The average molecular weight is 337 g/mol. The summed E-state index contributed by atoms with van der Waals surface area (Å²) in [6, 6.07) is 6.36. The van der Waals surface area contributed by atoms with Gasteiger partial charge in [-0.2, -0.15) is 5.26 Å². The van der Waals surface area contributed by atoms with Crippen LogP contribution in [0, 0.1) is 16.7 Å². The lowest BCUT2D eigenvalue weighted by Crippen LogP contribution is -2.43. The van der Waals surface area contributed by atoms with Gasteiger partial charge >= 0.3 is 11.8 Å². The summed E-state index contributed by atoms with van der Waals surface area (Å²) >= 11 is 5.82. The van der Waals surface area contributed by atoms with Gasteiger partial charge in [-0.05, 0) is 37.7 Å². The van der Waals surface area contributed by atoms with Gasteiger partial charge in [-0.25, -0.2) is 0 Å². The van der Waals surface area contributed by atoms with E-state index in [1.165, 1.54) is 18.2 Å². The van der Waals surface area contributed by atoms with Crippen LogP contribution < -0.4 is 10.6 Å². The molecule has 0 saturated heterocycles. The number of anilines is 1. The molecule has 0 aliphatic heterocycles. The molecular weight excluding hydrogens is 316 g/mol. The Kier molecular flexibility index (Phi) is 6.55. The summed E-state index contributed by atoms with van der Waals surface area (Å²) in [4.78, 5) is 25.8. The molecule has 1 aromatic carbocycles. The van der Waals surface area contributed by atoms with Gasteiger partial charge in [0.05, 0.1) is 10.6 Å². The molecule has 1 rings (SSSR count). The van der Waals surface area contributed by atoms with Gasteiger partial charge in [0.2, 0.25) is 0 Å². The molecule has 0 aliphatic rings. The van der Waals surface area contributed by atoms with Gasteiger partial charge in [0.15, 0.2) is 0 Å². The van der Waals surface area contributed by atoms with Gasteiger partial charge in [0, 0.05) is 18.8 Å². The Hall–Kier alpha value is -2.10. The van der Waals surface area contributed by atoms with Crippen LogP contribution in [0.2, 0.25) is 5.02 Å². The first-order valence-electron chi connectivity index (χ1n) is 7.08. The molecule has 0 saturated carbocycles. The molecule has 0 radical (unpaired) electrons. The number of nitriles is 1. The second-order valence-corrected chi connectivity index (χ2v) is 6.75. The quantitative estimate of drug-likeness (QED) is 0.804. The molecular formula is C16H21ClN4O2. The first kappa shape index (κ1) is 18.9. The highest BCUT2D eigenvalue weighted by atomic mass is 35.5. The predicted octanol–water partition coefficient (Wildman–Crippen LogP) is 1.85. The van der Waals surface area contributed by atoms with Gasteiger partial charge in [-0.1, -0.05) is 25.4 Å². The van der Waals surface area contributed by atoms with Crippen molar-refractivity contribution in [3.8, 4) is 6.07 Å². The molecule has 0 heterocycles. The number of carbonyl (C=O) groups excluding carboxylic acids is 2. The minimum Gasteiger partial charge on any atom is -0.347 e. The minimum atomic E-state index is -0.781. The summed E-state index contributed by atoms with van der Waals surface area (Å²) in [5, 5.41) is 14.3. The van der Waals surface area contributed by atoms with E-state index in [0.29, 0.717) is 17.3 Å². The molecule has 0 aromatic heterocycles. The fourth-order valence-corrected chi connectivity index (χ4v) is 2.35. The Balaban J connectivity index is 2.61. The van der Waals surface area contributed by atoms with Crippen LogP contribution in [0.25, 0.3) is 0 Å². The zero-order chi connectivity index (χ0) is 17.6. The predicted molar refractivity (Wildman–Crippen MR) is 90.1 cm³/mol. The molecule has 0 fully saturated rings. The average Bonchev–Trinajstić information content (AvgIpc) is 2.45. The first-order chi connectivity index (χ1) is 10.6. The number of hydrogen-bond acceptors (Lipinski definition) is 4. The molecule has 2 N–H and O–H groups in total. The molecule has 0 unspecified atom stereocenters. The van der Waals surface area contributed by atoms with Crippen molar-refractivity contribution >= 4 is 29.1 Å². The van der Waals surface area contributed by atoms with E-state index in [4.69, 9.17) is 16.9 Å². The summed E-state index contributed by atoms with van der Waals surface area (Å²) in [6.45, 7) is 5.16.